The number of carbonyl (C=O) groups is 1. The maximum absolute atomic E-state index is 12.1. The topological polar surface area (TPSA) is 131 Å². The summed E-state index contributed by atoms with van der Waals surface area (Å²) in [6.45, 7) is 0.509. The number of para-hydroxylation sites is 1. The summed E-state index contributed by atoms with van der Waals surface area (Å²) in [7, 11) is 0. The van der Waals surface area contributed by atoms with Crippen LogP contribution in [0.3, 0.4) is 0 Å². The van der Waals surface area contributed by atoms with E-state index in [4.69, 9.17) is 11.0 Å². The highest BCUT2D eigenvalue weighted by molar-refractivity contribution is 8.00. The molecule has 0 saturated heterocycles. The van der Waals surface area contributed by atoms with Crippen molar-refractivity contribution in [3.8, 4) is 12.1 Å². The summed E-state index contributed by atoms with van der Waals surface area (Å²) in [6.07, 6.45) is 2.67. The first kappa shape index (κ1) is 18.3. The molecule has 0 aliphatic carbocycles. The van der Waals surface area contributed by atoms with Gasteiger partial charge in [0.05, 0.1) is 16.9 Å². The molecule has 0 unspecified atom stereocenters. The van der Waals surface area contributed by atoms with Gasteiger partial charge >= 0.3 is 0 Å². The smallest absolute Gasteiger partial charge is 0.230 e. The summed E-state index contributed by atoms with van der Waals surface area (Å²) >= 11 is 1.12. The van der Waals surface area contributed by atoms with Crippen LogP contribution in [0.2, 0.25) is 0 Å². The first-order chi connectivity index (χ1) is 13.1. The second-order valence-corrected chi connectivity index (χ2v) is 6.71. The molecule has 8 heteroatoms. The highest BCUT2D eigenvalue weighted by Crippen LogP contribution is 2.23. The van der Waals surface area contributed by atoms with E-state index in [-0.39, 0.29) is 28.6 Å². The number of nitrogens with zero attached hydrogens (tertiary/aromatic N) is 3. The summed E-state index contributed by atoms with van der Waals surface area (Å²) in [5, 5.41) is 22.5. The first-order valence-electron chi connectivity index (χ1n) is 8.17. The minimum absolute atomic E-state index is 0.0544. The fourth-order valence-corrected chi connectivity index (χ4v) is 3.44. The van der Waals surface area contributed by atoms with Gasteiger partial charge in [0.25, 0.3) is 0 Å². The Bertz CT molecular complexity index is 1080. The molecule has 134 valence electrons. The number of hydrogen-bond donors (Lipinski definition) is 3. The zero-order valence-corrected chi connectivity index (χ0v) is 15.1. The van der Waals surface area contributed by atoms with Gasteiger partial charge in [-0.3, -0.25) is 4.79 Å². The molecule has 0 aliphatic heterocycles. The normalized spacial score (nSPS) is 10.3. The molecule has 0 atom stereocenters. The van der Waals surface area contributed by atoms with Crippen molar-refractivity contribution in [1.82, 2.24) is 15.3 Å². The number of fused-ring (bicyclic) bond motifs is 1. The number of nitriles is 2. The Labute approximate surface area is 160 Å². The van der Waals surface area contributed by atoms with Crippen LogP contribution in [0, 0.1) is 22.7 Å². The van der Waals surface area contributed by atoms with E-state index in [9.17, 15) is 10.1 Å². The second-order valence-electron chi connectivity index (χ2n) is 5.75. The van der Waals surface area contributed by atoms with E-state index in [1.807, 2.05) is 42.6 Å². The van der Waals surface area contributed by atoms with Gasteiger partial charge in [-0.15, -0.1) is 0 Å². The van der Waals surface area contributed by atoms with E-state index >= 15 is 0 Å². The summed E-state index contributed by atoms with van der Waals surface area (Å²) in [5.74, 6) is 0.00757. The number of nitrogen functional groups attached to an aromatic ring is 1. The number of carbonyl (C=O) groups excluding carboxylic acids is 1. The lowest BCUT2D eigenvalue weighted by molar-refractivity contribution is -0.118. The Balaban J connectivity index is 1.54. The Morgan fingerprint density at radius 3 is 2.81 bits per heavy atom. The lowest BCUT2D eigenvalue weighted by atomic mass is 10.1. The molecular formula is C19H16N6OS. The highest BCUT2D eigenvalue weighted by atomic mass is 32.2. The molecule has 0 saturated carbocycles. The van der Waals surface area contributed by atoms with Crippen LogP contribution in [0.1, 0.15) is 16.7 Å². The van der Waals surface area contributed by atoms with Gasteiger partial charge in [0.2, 0.25) is 5.91 Å². The fourth-order valence-electron chi connectivity index (χ4n) is 2.65. The van der Waals surface area contributed by atoms with Crippen molar-refractivity contribution in [1.29, 1.82) is 10.5 Å². The predicted molar refractivity (Wildman–Crippen MR) is 104 cm³/mol. The number of aromatic nitrogens is 2. The van der Waals surface area contributed by atoms with Gasteiger partial charge < -0.3 is 16.0 Å². The van der Waals surface area contributed by atoms with Gasteiger partial charge in [-0.25, -0.2) is 4.98 Å². The first-order valence-corrected chi connectivity index (χ1v) is 9.16. The van der Waals surface area contributed by atoms with Crippen molar-refractivity contribution in [2.75, 3.05) is 18.0 Å². The van der Waals surface area contributed by atoms with Crippen LogP contribution < -0.4 is 11.1 Å². The molecule has 0 aliphatic rings. The third-order valence-corrected chi connectivity index (χ3v) is 4.98. The number of thioether (sulfide) groups is 1. The SMILES string of the molecule is N#Cc1cc(C#N)c(SCC(=O)NCCc2c[nH]c3ccccc23)nc1N. The molecule has 1 aromatic carbocycles. The maximum atomic E-state index is 12.1. The summed E-state index contributed by atoms with van der Waals surface area (Å²) in [5.41, 5.74) is 8.28. The number of pyridine rings is 1. The predicted octanol–water partition coefficient (Wildman–Crippen LogP) is 2.34. The third kappa shape index (κ3) is 4.20. The van der Waals surface area contributed by atoms with Crippen molar-refractivity contribution in [2.45, 2.75) is 11.4 Å². The largest absolute Gasteiger partial charge is 0.383 e. The third-order valence-electron chi connectivity index (χ3n) is 3.99. The molecule has 1 amide bonds. The summed E-state index contributed by atoms with van der Waals surface area (Å²) in [4.78, 5) is 19.3. The molecule has 2 aromatic heterocycles. The van der Waals surface area contributed by atoms with Crippen molar-refractivity contribution in [3.05, 3.63) is 53.2 Å². The Kier molecular flexibility index (Phi) is 5.60. The number of nitrogens with one attached hydrogen (secondary N) is 2. The Hall–Kier alpha value is -3.49. The lowest BCUT2D eigenvalue weighted by Crippen LogP contribution is -2.27. The van der Waals surface area contributed by atoms with Gasteiger partial charge in [-0.1, -0.05) is 30.0 Å². The van der Waals surface area contributed by atoms with Gasteiger partial charge in [0.15, 0.2) is 0 Å². The number of rotatable bonds is 6. The van der Waals surface area contributed by atoms with Crippen molar-refractivity contribution in [3.63, 3.8) is 0 Å². The van der Waals surface area contributed by atoms with Crippen LogP contribution in [-0.2, 0) is 11.2 Å². The lowest BCUT2D eigenvalue weighted by Gasteiger charge is -2.07. The van der Waals surface area contributed by atoms with E-state index in [0.29, 0.717) is 18.0 Å². The molecular weight excluding hydrogens is 360 g/mol. The maximum Gasteiger partial charge on any atom is 0.230 e. The molecule has 0 spiro atoms. The molecule has 3 aromatic rings. The minimum atomic E-state index is -0.159. The van der Waals surface area contributed by atoms with Gasteiger partial charge in [0, 0.05) is 23.6 Å². The monoisotopic (exact) mass is 376 g/mol. The van der Waals surface area contributed by atoms with Crippen LogP contribution >= 0.6 is 11.8 Å². The van der Waals surface area contributed by atoms with Gasteiger partial charge in [0.1, 0.15) is 23.0 Å². The quantitative estimate of drug-likeness (QED) is 0.566. The molecule has 0 fully saturated rings. The average molecular weight is 376 g/mol. The standard InChI is InChI=1S/C19H16N6OS/c20-8-13-7-14(9-21)19(25-18(13)22)27-11-17(26)23-6-5-12-10-24-16-4-2-1-3-15(12)16/h1-4,7,10,24H,5-6,11H2,(H2,22,25)(H,23,26). The van der Waals surface area contributed by atoms with E-state index in [0.717, 1.165) is 28.2 Å². The number of aromatic amines is 1. The van der Waals surface area contributed by atoms with Crippen molar-refractivity contribution >= 4 is 34.4 Å². The number of benzene rings is 1. The van der Waals surface area contributed by atoms with E-state index < -0.39 is 0 Å². The van der Waals surface area contributed by atoms with E-state index in [1.54, 1.807) is 0 Å². The van der Waals surface area contributed by atoms with Gasteiger partial charge in [-0.2, -0.15) is 10.5 Å². The van der Waals surface area contributed by atoms with Crippen LogP contribution in [0.4, 0.5) is 5.82 Å². The molecule has 27 heavy (non-hydrogen) atoms. The van der Waals surface area contributed by atoms with Crippen LogP contribution in [0.15, 0.2) is 41.6 Å². The zero-order valence-electron chi connectivity index (χ0n) is 14.3. The number of anilines is 1. The van der Waals surface area contributed by atoms with Crippen LogP contribution in [0.25, 0.3) is 10.9 Å². The van der Waals surface area contributed by atoms with Crippen LogP contribution in [-0.4, -0.2) is 28.2 Å². The highest BCUT2D eigenvalue weighted by Gasteiger charge is 2.12. The summed E-state index contributed by atoms with van der Waals surface area (Å²) in [6, 6.07) is 13.3. The Morgan fingerprint density at radius 1 is 1.26 bits per heavy atom. The van der Waals surface area contributed by atoms with E-state index in [2.05, 4.69) is 15.3 Å². The fraction of sp³-hybridized carbons (Fsp3) is 0.158. The zero-order chi connectivity index (χ0) is 19.2. The number of H-pyrrole nitrogens is 1. The summed E-state index contributed by atoms with van der Waals surface area (Å²) < 4.78 is 0. The minimum Gasteiger partial charge on any atom is -0.383 e. The number of hydrogen-bond acceptors (Lipinski definition) is 6. The molecule has 3 rings (SSSR count). The number of amides is 1. The molecule has 2 heterocycles. The second kappa shape index (κ2) is 8.26. The average Bonchev–Trinajstić information content (AvgIpc) is 3.09. The Morgan fingerprint density at radius 2 is 2.04 bits per heavy atom. The van der Waals surface area contributed by atoms with Crippen molar-refractivity contribution in [2.24, 2.45) is 0 Å². The molecule has 0 radical (unpaired) electrons. The molecule has 4 N–H and O–H groups in total. The van der Waals surface area contributed by atoms with Gasteiger partial charge in [-0.05, 0) is 24.1 Å². The van der Waals surface area contributed by atoms with E-state index in [1.165, 1.54) is 6.07 Å². The number of nitrogens with two attached hydrogens (primary N) is 1. The van der Waals surface area contributed by atoms with Crippen molar-refractivity contribution < 1.29 is 4.79 Å². The molecule has 0 bridgehead atoms. The molecule has 7 nitrogen and oxygen atoms in total. The van der Waals surface area contributed by atoms with Crippen LogP contribution in [0.5, 0.6) is 0 Å².